The summed E-state index contributed by atoms with van der Waals surface area (Å²) >= 11 is 0. The van der Waals surface area contributed by atoms with E-state index >= 15 is 0 Å². The van der Waals surface area contributed by atoms with Gasteiger partial charge in [-0.15, -0.1) is 0 Å². The number of halogens is 3. The Kier molecular flexibility index (Phi) is 6.23. The second-order valence-electron chi connectivity index (χ2n) is 8.60. The first-order chi connectivity index (χ1) is 15.2. The Labute approximate surface area is 182 Å². The zero-order valence-corrected chi connectivity index (χ0v) is 17.5. The van der Waals surface area contributed by atoms with Gasteiger partial charge in [-0.3, -0.25) is 14.5 Å². The summed E-state index contributed by atoms with van der Waals surface area (Å²) in [6, 6.07) is 1.77. The summed E-state index contributed by atoms with van der Waals surface area (Å²) in [5.41, 5.74) is -0.889. The van der Waals surface area contributed by atoms with Gasteiger partial charge in [0.15, 0.2) is 11.5 Å². The number of carboxylic acids is 1. The molecule has 4 atom stereocenters. The van der Waals surface area contributed by atoms with E-state index in [0.717, 1.165) is 25.3 Å². The number of benzene rings is 1. The Hall–Kier alpha value is -2.88. The summed E-state index contributed by atoms with van der Waals surface area (Å²) in [7, 11) is 0. The molecular weight excluding hydrogens is 427 g/mol. The standard InChI is InChI=1S/C22H24F3N3O4/c1-11-3-2-4-18(11)28-6-5-16(13(10-28)22(30)31)26-21(29)17-9-19(32-27-17)20-14(24)7-12(23)8-15(20)25/h7-9,11,13,16,18H,2-6,10H2,1H3,(H,26,29)(H,30,31)/t11-,13-,16-,18-/m1/s1. The van der Waals surface area contributed by atoms with Gasteiger partial charge in [0.1, 0.15) is 17.5 Å². The number of piperidine rings is 1. The number of hydrogen-bond acceptors (Lipinski definition) is 5. The van der Waals surface area contributed by atoms with Crippen LogP contribution in [0.15, 0.2) is 22.7 Å². The fourth-order valence-electron chi connectivity index (χ4n) is 4.89. The molecule has 1 saturated carbocycles. The molecule has 10 heteroatoms. The van der Waals surface area contributed by atoms with Crippen LogP contribution in [0.5, 0.6) is 0 Å². The van der Waals surface area contributed by atoms with Gasteiger partial charge in [-0.05, 0) is 25.2 Å². The van der Waals surface area contributed by atoms with Gasteiger partial charge in [-0.2, -0.15) is 0 Å². The van der Waals surface area contributed by atoms with E-state index in [4.69, 9.17) is 4.52 Å². The average Bonchev–Trinajstić information content (AvgIpc) is 3.37. The maximum Gasteiger partial charge on any atom is 0.309 e. The Morgan fingerprint density at radius 1 is 1.16 bits per heavy atom. The summed E-state index contributed by atoms with van der Waals surface area (Å²) < 4.78 is 46.0. The van der Waals surface area contributed by atoms with Crippen molar-refractivity contribution in [2.45, 2.75) is 44.7 Å². The molecule has 2 N–H and O–H groups in total. The van der Waals surface area contributed by atoms with Crippen molar-refractivity contribution in [3.05, 3.63) is 41.3 Å². The number of carbonyl (C=O) groups is 2. The molecule has 1 amide bonds. The van der Waals surface area contributed by atoms with Crippen LogP contribution >= 0.6 is 0 Å². The highest BCUT2D eigenvalue weighted by Crippen LogP contribution is 2.33. The van der Waals surface area contributed by atoms with Crippen LogP contribution in [0.25, 0.3) is 11.3 Å². The Bertz CT molecular complexity index is 1000. The summed E-state index contributed by atoms with van der Waals surface area (Å²) in [5.74, 6) is -5.82. The van der Waals surface area contributed by atoms with E-state index < -0.39 is 46.9 Å². The van der Waals surface area contributed by atoms with Crippen molar-refractivity contribution in [1.82, 2.24) is 15.4 Å². The third-order valence-electron chi connectivity index (χ3n) is 6.56. The fraction of sp³-hybridized carbons (Fsp3) is 0.500. The lowest BCUT2D eigenvalue weighted by molar-refractivity contribution is -0.145. The Morgan fingerprint density at radius 2 is 1.88 bits per heavy atom. The smallest absolute Gasteiger partial charge is 0.309 e. The van der Waals surface area contributed by atoms with Crippen LogP contribution in [0, 0.1) is 29.3 Å². The quantitative estimate of drug-likeness (QED) is 0.723. The van der Waals surface area contributed by atoms with Gasteiger partial charge in [0, 0.05) is 43.4 Å². The molecule has 1 aromatic heterocycles. The molecule has 2 aromatic rings. The van der Waals surface area contributed by atoms with Crippen LogP contribution < -0.4 is 5.32 Å². The molecule has 172 valence electrons. The first kappa shape index (κ1) is 22.3. The van der Waals surface area contributed by atoms with E-state index in [-0.39, 0.29) is 11.5 Å². The minimum Gasteiger partial charge on any atom is -0.481 e. The molecule has 2 heterocycles. The molecule has 1 aromatic carbocycles. The largest absolute Gasteiger partial charge is 0.481 e. The summed E-state index contributed by atoms with van der Waals surface area (Å²) in [4.78, 5) is 26.7. The molecule has 0 spiro atoms. The number of nitrogens with zero attached hydrogens (tertiary/aromatic N) is 2. The number of carboxylic acid groups (broad SMARTS) is 1. The van der Waals surface area contributed by atoms with E-state index in [9.17, 15) is 27.9 Å². The van der Waals surface area contributed by atoms with E-state index in [2.05, 4.69) is 22.3 Å². The monoisotopic (exact) mass is 451 g/mol. The lowest BCUT2D eigenvalue weighted by Gasteiger charge is -2.41. The molecule has 2 aliphatic rings. The fourth-order valence-corrected chi connectivity index (χ4v) is 4.89. The van der Waals surface area contributed by atoms with Gasteiger partial charge in [0.2, 0.25) is 0 Å². The Morgan fingerprint density at radius 3 is 2.50 bits per heavy atom. The molecule has 4 rings (SSSR count). The van der Waals surface area contributed by atoms with Crippen LogP contribution in [0.2, 0.25) is 0 Å². The van der Waals surface area contributed by atoms with Crippen molar-refractivity contribution in [2.24, 2.45) is 11.8 Å². The zero-order valence-electron chi connectivity index (χ0n) is 17.5. The van der Waals surface area contributed by atoms with Gasteiger partial charge in [-0.25, -0.2) is 13.2 Å². The van der Waals surface area contributed by atoms with Crippen molar-refractivity contribution in [2.75, 3.05) is 13.1 Å². The highest BCUT2D eigenvalue weighted by atomic mass is 19.1. The van der Waals surface area contributed by atoms with E-state index in [1.165, 1.54) is 0 Å². The van der Waals surface area contributed by atoms with Crippen LogP contribution in [-0.4, -0.2) is 52.2 Å². The first-order valence-electron chi connectivity index (χ1n) is 10.6. The molecule has 7 nitrogen and oxygen atoms in total. The van der Waals surface area contributed by atoms with Gasteiger partial charge in [-0.1, -0.05) is 18.5 Å². The van der Waals surface area contributed by atoms with E-state index in [1.54, 1.807) is 0 Å². The number of hydrogen-bond donors (Lipinski definition) is 2. The number of aromatic nitrogens is 1. The maximum absolute atomic E-state index is 14.0. The minimum absolute atomic E-state index is 0.251. The molecular formula is C22H24F3N3O4. The third-order valence-corrected chi connectivity index (χ3v) is 6.56. The SMILES string of the molecule is C[C@@H]1CCC[C@H]1N1CC[C@@H](NC(=O)c2cc(-c3c(F)cc(F)cc3F)on2)[C@H](C(=O)O)C1. The van der Waals surface area contributed by atoms with Crippen molar-refractivity contribution in [3.8, 4) is 11.3 Å². The number of amides is 1. The highest BCUT2D eigenvalue weighted by Gasteiger charge is 2.40. The predicted molar refractivity (Wildman–Crippen MR) is 107 cm³/mol. The molecule has 0 unspecified atom stereocenters. The zero-order chi connectivity index (χ0) is 23.0. The summed E-state index contributed by atoms with van der Waals surface area (Å²) in [6.45, 7) is 3.18. The minimum atomic E-state index is -1.19. The second kappa shape index (κ2) is 8.93. The van der Waals surface area contributed by atoms with E-state index in [1.807, 2.05) is 0 Å². The number of likely N-dealkylation sites (tertiary alicyclic amines) is 1. The van der Waals surface area contributed by atoms with E-state index in [0.29, 0.717) is 43.6 Å². The number of aliphatic carboxylic acids is 1. The summed E-state index contributed by atoms with van der Waals surface area (Å²) in [6.07, 6.45) is 3.76. The topological polar surface area (TPSA) is 95.7 Å². The first-order valence-corrected chi connectivity index (χ1v) is 10.6. The van der Waals surface area contributed by atoms with Gasteiger partial charge < -0.3 is 14.9 Å². The van der Waals surface area contributed by atoms with Gasteiger partial charge >= 0.3 is 5.97 Å². The lowest BCUT2D eigenvalue weighted by atomic mass is 9.89. The molecule has 2 fully saturated rings. The van der Waals surface area contributed by atoms with Crippen LogP contribution in [0.4, 0.5) is 13.2 Å². The molecule has 1 saturated heterocycles. The Balaban J connectivity index is 1.46. The molecule has 32 heavy (non-hydrogen) atoms. The van der Waals surface area contributed by atoms with Gasteiger partial charge in [0.05, 0.1) is 11.5 Å². The van der Waals surface area contributed by atoms with Crippen LogP contribution in [0.3, 0.4) is 0 Å². The second-order valence-corrected chi connectivity index (χ2v) is 8.60. The normalized spacial score (nSPS) is 26.2. The van der Waals surface area contributed by atoms with Crippen LogP contribution in [-0.2, 0) is 4.79 Å². The van der Waals surface area contributed by atoms with Gasteiger partial charge in [0.25, 0.3) is 5.91 Å². The highest BCUT2D eigenvalue weighted by molar-refractivity contribution is 5.93. The van der Waals surface area contributed by atoms with Crippen molar-refractivity contribution in [1.29, 1.82) is 0 Å². The maximum atomic E-state index is 14.0. The number of nitrogens with one attached hydrogen (secondary N) is 1. The third kappa shape index (κ3) is 4.36. The summed E-state index contributed by atoms with van der Waals surface area (Å²) in [5, 5.41) is 16.0. The molecule has 1 aliphatic heterocycles. The van der Waals surface area contributed by atoms with Crippen LogP contribution in [0.1, 0.15) is 43.1 Å². The molecule has 0 bridgehead atoms. The predicted octanol–water partition coefficient (Wildman–Crippen LogP) is 3.45. The number of carbonyl (C=O) groups excluding carboxylic acids is 1. The molecule has 0 radical (unpaired) electrons. The lowest BCUT2D eigenvalue weighted by Crippen LogP contribution is -2.56. The van der Waals surface area contributed by atoms with Crippen molar-refractivity contribution < 1.29 is 32.4 Å². The number of rotatable bonds is 5. The average molecular weight is 451 g/mol. The van der Waals surface area contributed by atoms with Crippen molar-refractivity contribution >= 4 is 11.9 Å². The van der Waals surface area contributed by atoms with Crippen molar-refractivity contribution in [3.63, 3.8) is 0 Å². The molecule has 1 aliphatic carbocycles.